The molecule has 54 heavy (non-hydrogen) atoms. The summed E-state index contributed by atoms with van der Waals surface area (Å²) in [5.74, 6) is -0.396. The molecule has 0 heterocycles. The van der Waals surface area contributed by atoms with Gasteiger partial charge >= 0.3 is 11.9 Å². The Morgan fingerprint density at radius 3 is 1.13 bits per heavy atom. The molecule has 0 saturated heterocycles. The van der Waals surface area contributed by atoms with Crippen LogP contribution in [0.1, 0.15) is 265 Å². The molecule has 320 valence electrons. The van der Waals surface area contributed by atoms with E-state index in [1.165, 1.54) is 193 Å². The molecule has 0 aliphatic heterocycles. The monoisotopic (exact) mass is 763 g/mol. The number of allylic oxidation sites excluding steroid dienone is 2. The number of carbonyl (C=O) groups is 2. The fourth-order valence-electron chi connectivity index (χ4n) is 7.15. The first-order valence-electron chi connectivity index (χ1n) is 24.2. The van der Waals surface area contributed by atoms with Gasteiger partial charge in [0.1, 0.15) is 6.61 Å². The van der Waals surface area contributed by atoms with E-state index in [1.54, 1.807) is 0 Å². The van der Waals surface area contributed by atoms with Gasteiger partial charge in [0.2, 0.25) is 0 Å². The lowest BCUT2D eigenvalue weighted by Gasteiger charge is -2.18. The lowest BCUT2D eigenvalue weighted by Crippen LogP contribution is -2.30. The second-order valence-electron chi connectivity index (χ2n) is 16.4. The number of esters is 2. The van der Waals surface area contributed by atoms with Gasteiger partial charge in [-0.3, -0.25) is 9.59 Å². The first-order chi connectivity index (χ1) is 26.6. The zero-order chi connectivity index (χ0) is 39.3. The van der Waals surface area contributed by atoms with Crippen molar-refractivity contribution in [3.63, 3.8) is 0 Å². The number of unbranched alkanes of at least 4 members (excludes halogenated alkanes) is 32. The van der Waals surface area contributed by atoms with Crippen molar-refractivity contribution >= 4 is 11.9 Å². The van der Waals surface area contributed by atoms with Crippen LogP contribution in [0.25, 0.3) is 0 Å². The van der Waals surface area contributed by atoms with Crippen LogP contribution in [-0.2, 0) is 23.8 Å². The third-order valence-electron chi connectivity index (χ3n) is 10.8. The van der Waals surface area contributed by atoms with Gasteiger partial charge < -0.3 is 14.2 Å². The number of ether oxygens (including phenoxy) is 3. The van der Waals surface area contributed by atoms with Crippen molar-refractivity contribution in [2.24, 2.45) is 0 Å². The molecule has 0 fully saturated rings. The fraction of sp³-hybridized carbons (Fsp3) is 0.918. The Morgan fingerprint density at radius 2 is 0.722 bits per heavy atom. The SMILES string of the molecule is CCCCCCCC/C=C\CCCCCCCCCCCC(=O)OCC(COCCCCCCCCCCCCCCCC)OC(=O)CCCCCCC. The predicted molar refractivity (Wildman–Crippen MR) is 233 cm³/mol. The van der Waals surface area contributed by atoms with Gasteiger partial charge in [0, 0.05) is 19.4 Å². The normalized spacial score (nSPS) is 12.1. The Kier molecular flexibility index (Phi) is 44.9. The predicted octanol–water partition coefficient (Wildman–Crippen LogP) is 15.9. The van der Waals surface area contributed by atoms with Crippen molar-refractivity contribution < 1.29 is 23.8 Å². The van der Waals surface area contributed by atoms with Crippen molar-refractivity contribution in [2.45, 2.75) is 271 Å². The Labute approximate surface area is 337 Å². The van der Waals surface area contributed by atoms with E-state index in [0.717, 1.165) is 38.5 Å². The summed E-state index contributed by atoms with van der Waals surface area (Å²) in [7, 11) is 0. The smallest absolute Gasteiger partial charge is 0.306 e. The molecule has 1 unspecified atom stereocenters. The maximum absolute atomic E-state index is 12.5. The molecule has 0 bridgehead atoms. The Bertz CT molecular complexity index is 780. The highest BCUT2D eigenvalue weighted by molar-refractivity contribution is 5.70. The standard InChI is InChI=1S/C49H94O5/c1-4-7-10-13-15-17-19-21-23-24-25-26-27-28-30-32-34-37-39-42-48(50)53-46-47(54-49(51)43-40-36-12-9-6-3)45-52-44-41-38-35-33-31-29-22-20-18-16-14-11-8-5-2/h21,23,47H,4-20,22,24-46H2,1-3H3/b23-21-. The molecular weight excluding hydrogens is 669 g/mol. The molecule has 5 nitrogen and oxygen atoms in total. The molecule has 0 rings (SSSR count). The summed E-state index contributed by atoms with van der Waals surface area (Å²) in [4.78, 5) is 25.0. The van der Waals surface area contributed by atoms with E-state index in [2.05, 4.69) is 32.9 Å². The molecule has 0 aromatic heterocycles. The maximum atomic E-state index is 12.5. The molecule has 0 aromatic carbocycles. The second kappa shape index (κ2) is 46.0. The molecule has 0 amide bonds. The Balaban J connectivity index is 3.97. The second-order valence-corrected chi connectivity index (χ2v) is 16.4. The topological polar surface area (TPSA) is 61.8 Å². The highest BCUT2D eigenvalue weighted by atomic mass is 16.6. The number of rotatable bonds is 45. The van der Waals surface area contributed by atoms with Crippen LogP contribution in [0.3, 0.4) is 0 Å². The van der Waals surface area contributed by atoms with E-state index in [1.807, 2.05) is 0 Å². The quantitative estimate of drug-likeness (QED) is 0.0351. The number of hydrogen-bond acceptors (Lipinski definition) is 5. The van der Waals surface area contributed by atoms with Gasteiger partial charge in [-0.2, -0.15) is 0 Å². The molecule has 1 atom stereocenters. The van der Waals surface area contributed by atoms with Crippen LogP contribution < -0.4 is 0 Å². The third kappa shape index (κ3) is 43.4. The third-order valence-corrected chi connectivity index (χ3v) is 10.8. The average molecular weight is 763 g/mol. The summed E-state index contributed by atoms with van der Waals surface area (Å²) in [6.07, 6.45) is 51.0. The molecule has 0 N–H and O–H groups in total. The zero-order valence-corrected chi connectivity index (χ0v) is 36.8. The first-order valence-corrected chi connectivity index (χ1v) is 24.2. The number of carbonyl (C=O) groups excluding carboxylic acids is 2. The minimum Gasteiger partial charge on any atom is -0.462 e. The van der Waals surface area contributed by atoms with Gasteiger partial charge in [-0.05, 0) is 44.9 Å². The van der Waals surface area contributed by atoms with Crippen LogP contribution in [-0.4, -0.2) is 37.9 Å². The van der Waals surface area contributed by atoms with E-state index in [0.29, 0.717) is 26.1 Å². The highest BCUT2D eigenvalue weighted by Gasteiger charge is 2.17. The molecule has 0 saturated carbocycles. The molecule has 0 spiro atoms. The summed E-state index contributed by atoms with van der Waals surface area (Å²) < 4.78 is 17.2. The summed E-state index contributed by atoms with van der Waals surface area (Å²) in [6, 6.07) is 0. The molecule has 0 radical (unpaired) electrons. The van der Waals surface area contributed by atoms with Crippen LogP contribution in [0.4, 0.5) is 0 Å². The van der Waals surface area contributed by atoms with Crippen LogP contribution in [0.5, 0.6) is 0 Å². The Morgan fingerprint density at radius 1 is 0.389 bits per heavy atom. The summed E-state index contributed by atoms with van der Waals surface area (Å²) in [5.41, 5.74) is 0. The fourth-order valence-corrected chi connectivity index (χ4v) is 7.15. The summed E-state index contributed by atoms with van der Waals surface area (Å²) in [6.45, 7) is 7.80. The van der Waals surface area contributed by atoms with Crippen molar-refractivity contribution in [1.82, 2.24) is 0 Å². The lowest BCUT2D eigenvalue weighted by atomic mass is 10.0. The van der Waals surface area contributed by atoms with E-state index >= 15 is 0 Å². The van der Waals surface area contributed by atoms with Crippen molar-refractivity contribution in [2.75, 3.05) is 19.8 Å². The van der Waals surface area contributed by atoms with Crippen LogP contribution >= 0.6 is 0 Å². The van der Waals surface area contributed by atoms with Crippen LogP contribution in [0.15, 0.2) is 12.2 Å². The number of hydrogen-bond donors (Lipinski definition) is 0. The largest absolute Gasteiger partial charge is 0.462 e. The molecule has 0 aliphatic rings. The van der Waals surface area contributed by atoms with Crippen molar-refractivity contribution in [3.8, 4) is 0 Å². The van der Waals surface area contributed by atoms with Gasteiger partial charge in [-0.15, -0.1) is 0 Å². The van der Waals surface area contributed by atoms with Gasteiger partial charge in [-0.1, -0.05) is 219 Å². The van der Waals surface area contributed by atoms with Crippen LogP contribution in [0.2, 0.25) is 0 Å². The Hall–Kier alpha value is -1.36. The van der Waals surface area contributed by atoms with Gasteiger partial charge in [0.25, 0.3) is 0 Å². The average Bonchev–Trinajstić information content (AvgIpc) is 3.17. The lowest BCUT2D eigenvalue weighted by molar-refractivity contribution is -0.163. The molecule has 5 heteroatoms. The molecule has 0 aromatic rings. The zero-order valence-electron chi connectivity index (χ0n) is 36.8. The van der Waals surface area contributed by atoms with E-state index < -0.39 is 6.10 Å². The molecular formula is C49H94O5. The van der Waals surface area contributed by atoms with Crippen LogP contribution in [0, 0.1) is 0 Å². The minimum atomic E-state index is -0.523. The summed E-state index contributed by atoms with van der Waals surface area (Å²) in [5, 5.41) is 0. The van der Waals surface area contributed by atoms with E-state index in [-0.39, 0.29) is 18.5 Å². The van der Waals surface area contributed by atoms with Crippen molar-refractivity contribution in [1.29, 1.82) is 0 Å². The summed E-state index contributed by atoms with van der Waals surface area (Å²) >= 11 is 0. The van der Waals surface area contributed by atoms with E-state index in [9.17, 15) is 9.59 Å². The van der Waals surface area contributed by atoms with Gasteiger partial charge in [-0.25, -0.2) is 0 Å². The maximum Gasteiger partial charge on any atom is 0.306 e. The van der Waals surface area contributed by atoms with Gasteiger partial charge in [0.15, 0.2) is 6.10 Å². The molecule has 0 aliphatic carbocycles. The van der Waals surface area contributed by atoms with Gasteiger partial charge in [0.05, 0.1) is 6.61 Å². The first kappa shape index (κ1) is 52.6. The minimum absolute atomic E-state index is 0.0913. The highest BCUT2D eigenvalue weighted by Crippen LogP contribution is 2.15. The van der Waals surface area contributed by atoms with E-state index in [4.69, 9.17) is 14.2 Å². The van der Waals surface area contributed by atoms with Crippen molar-refractivity contribution in [3.05, 3.63) is 12.2 Å².